The number of hydrogen-bond donors (Lipinski definition) is 1. The maximum Gasteiger partial charge on any atom is 0.0472 e. The van der Waals surface area contributed by atoms with Crippen molar-refractivity contribution in [2.45, 2.75) is 26.7 Å². The number of nitrogens with zero attached hydrogens (tertiary/aromatic N) is 1. The Bertz CT molecular complexity index is 167. The van der Waals surface area contributed by atoms with Crippen LogP contribution in [0.25, 0.3) is 0 Å². The summed E-state index contributed by atoms with van der Waals surface area (Å²) in [5.41, 5.74) is 0.443. The van der Waals surface area contributed by atoms with Crippen LogP contribution in [-0.2, 0) is 4.74 Å². The van der Waals surface area contributed by atoms with E-state index in [0.717, 1.165) is 32.8 Å². The first-order valence-corrected chi connectivity index (χ1v) is 6.19. The van der Waals surface area contributed by atoms with Gasteiger partial charge in [-0.2, -0.15) is 0 Å². The first-order valence-electron chi connectivity index (χ1n) is 6.19. The Balaban J connectivity index is 2.49. The van der Waals surface area contributed by atoms with Crippen LogP contribution < -0.4 is 5.32 Å². The number of hydrogen-bond acceptors (Lipinski definition) is 3. The van der Waals surface area contributed by atoms with Crippen molar-refractivity contribution in [3.63, 3.8) is 0 Å². The van der Waals surface area contributed by atoms with Gasteiger partial charge in [0.1, 0.15) is 0 Å². The zero-order valence-electron chi connectivity index (χ0n) is 10.5. The highest BCUT2D eigenvalue weighted by atomic mass is 16.5. The quantitative estimate of drug-likeness (QED) is 0.722. The minimum atomic E-state index is 0.443. The fourth-order valence-corrected chi connectivity index (χ4v) is 2.27. The lowest BCUT2D eigenvalue weighted by Crippen LogP contribution is -2.46. The van der Waals surface area contributed by atoms with Crippen LogP contribution in [0.2, 0.25) is 0 Å². The minimum Gasteiger partial charge on any atom is -0.381 e. The molecule has 0 amide bonds. The van der Waals surface area contributed by atoms with E-state index in [1.54, 1.807) is 0 Å². The van der Waals surface area contributed by atoms with Gasteiger partial charge < -0.3 is 15.0 Å². The zero-order valence-corrected chi connectivity index (χ0v) is 10.5. The molecule has 15 heavy (non-hydrogen) atoms. The van der Waals surface area contributed by atoms with Gasteiger partial charge in [-0.15, -0.1) is 0 Å². The summed E-state index contributed by atoms with van der Waals surface area (Å²) in [5, 5.41) is 3.51. The molecule has 0 aromatic rings. The maximum atomic E-state index is 5.47. The smallest absolute Gasteiger partial charge is 0.0472 e. The molecule has 0 aromatic heterocycles. The van der Waals surface area contributed by atoms with Gasteiger partial charge in [-0.1, -0.05) is 13.8 Å². The predicted octanol–water partition coefficient (Wildman–Crippen LogP) is 1.34. The Morgan fingerprint density at radius 1 is 1.27 bits per heavy atom. The van der Waals surface area contributed by atoms with E-state index in [9.17, 15) is 0 Å². The van der Waals surface area contributed by atoms with Crippen molar-refractivity contribution >= 4 is 0 Å². The van der Waals surface area contributed by atoms with Crippen molar-refractivity contribution in [1.82, 2.24) is 10.2 Å². The van der Waals surface area contributed by atoms with Crippen molar-refractivity contribution < 1.29 is 4.74 Å². The molecule has 3 nitrogen and oxygen atoms in total. The van der Waals surface area contributed by atoms with Crippen LogP contribution in [0.4, 0.5) is 0 Å². The summed E-state index contributed by atoms with van der Waals surface area (Å²) in [7, 11) is 2.21. The SMILES string of the molecule is CCNCC1(CN(C)CC)CCOCC1. The number of rotatable bonds is 6. The van der Waals surface area contributed by atoms with Gasteiger partial charge in [-0.3, -0.25) is 0 Å². The van der Waals surface area contributed by atoms with Gasteiger partial charge in [-0.25, -0.2) is 0 Å². The van der Waals surface area contributed by atoms with Crippen LogP contribution in [0.5, 0.6) is 0 Å². The monoisotopic (exact) mass is 214 g/mol. The number of nitrogens with one attached hydrogen (secondary N) is 1. The third-order valence-electron chi connectivity index (χ3n) is 3.45. The molecule has 3 heteroatoms. The lowest BCUT2D eigenvalue weighted by molar-refractivity contribution is 0.000334. The molecular weight excluding hydrogens is 188 g/mol. The molecule has 0 bridgehead atoms. The minimum absolute atomic E-state index is 0.443. The van der Waals surface area contributed by atoms with Gasteiger partial charge in [0, 0.05) is 26.3 Å². The topological polar surface area (TPSA) is 24.5 Å². The second-order valence-electron chi connectivity index (χ2n) is 4.72. The average molecular weight is 214 g/mol. The van der Waals surface area contributed by atoms with E-state index < -0.39 is 0 Å². The van der Waals surface area contributed by atoms with Gasteiger partial charge in [0.05, 0.1) is 0 Å². The standard InChI is InChI=1S/C12H26N2O/c1-4-13-10-12(11-14(3)5-2)6-8-15-9-7-12/h13H,4-11H2,1-3H3. The van der Waals surface area contributed by atoms with E-state index in [-0.39, 0.29) is 0 Å². The Kier molecular flexibility index (Phi) is 5.58. The molecule has 0 radical (unpaired) electrons. The van der Waals surface area contributed by atoms with Gasteiger partial charge in [0.15, 0.2) is 0 Å². The third-order valence-corrected chi connectivity index (χ3v) is 3.45. The van der Waals surface area contributed by atoms with Gasteiger partial charge >= 0.3 is 0 Å². The van der Waals surface area contributed by atoms with Crippen LogP contribution in [0.3, 0.4) is 0 Å². The highest BCUT2D eigenvalue weighted by Gasteiger charge is 2.32. The summed E-state index contributed by atoms with van der Waals surface area (Å²) in [4.78, 5) is 2.42. The Hall–Kier alpha value is -0.120. The lowest BCUT2D eigenvalue weighted by atomic mass is 9.79. The summed E-state index contributed by atoms with van der Waals surface area (Å²) in [6, 6.07) is 0. The molecule has 90 valence electrons. The normalized spacial score (nSPS) is 20.8. The summed E-state index contributed by atoms with van der Waals surface area (Å²) in [6.07, 6.45) is 2.40. The Morgan fingerprint density at radius 2 is 1.93 bits per heavy atom. The first kappa shape index (κ1) is 12.9. The molecule has 1 saturated heterocycles. The average Bonchev–Trinajstić information content (AvgIpc) is 2.27. The molecular formula is C12H26N2O. The molecule has 0 aromatic carbocycles. The van der Waals surface area contributed by atoms with Gasteiger partial charge in [-0.05, 0) is 38.4 Å². The largest absolute Gasteiger partial charge is 0.381 e. The lowest BCUT2D eigenvalue weighted by Gasteiger charge is -2.40. The van der Waals surface area contributed by atoms with Crippen molar-refractivity contribution in [2.24, 2.45) is 5.41 Å². The summed E-state index contributed by atoms with van der Waals surface area (Å²) in [6.45, 7) is 10.8. The Labute approximate surface area is 94.2 Å². The Morgan fingerprint density at radius 3 is 2.47 bits per heavy atom. The van der Waals surface area contributed by atoms with Crippen LogP contribution in [0.1, 0.15) is 26.7 Å². The maximum absolute atomic E-state index is 5.47. The molecule has 0 spiro atoms. The fraction of sp³-hybridized carbons (Fsp3) is 1.00. The summed E-state index contributed by atoms with van der Waals surface area (Å²) < 4.78 is 5.47. The van der Waals surface area contributed by atoms with E-state index in [1.165, 1.54) is 19.4 Å². The molecule has 0 saturated carbocycles. The molecule has 0 aliphatic carbocycles. The van der Waals surface area contributed by atoms with E-state index in [0.29, 0.717) is 5.41 Å². The molecule has 0 atom stereocenters. The number of ether oxygens (including phenoxy) is 1. The predicted molar refractivity (Wildman–Crippen MR) is 64.2 cm³/mol. The highest BCUT2D eigenvalue weighted by molar-refractivity contribution is 4.86. The summed E-state index contributed by atoms with van der Waals surface area (Å²) >= 11 is 0. The van der Waals surface area contributed by atoms with Crippen LogP contribution in [-0.4, -0.2) is 51.3 Å². The van der Waals surface area contributed by atoms with Crippen molar-refractivity contribution in [3.8, 4) is 0 Å². The van der Waals surface area contributed by atoms with Crippen molar-refractivity contribution in [1.29, 1.82) is 0 Å². The molecule has 1 aliphatic rings. The molecule has 1 rings (SSSR count). The zero-order chi connectivity index (χ0) is 11.1. The fourth-order valence-electron chi connectivity index (χ4n) is 2.27. The van der Waals surface area contributed by atoms with E-state index >= 15 is 0 Å². The van der Waals surface area contributed by atoms with Crippen molar-refractivity contribution in [3.05, 3.63) is 0 Å². The van der Waals surface area contributed by atoms with Crippen LogP contribution >= 0.6 is 0 Å². The van der Waals surface area contributed by atoms with E-state index in [4.69, 9.17) is 4.74 Å². The molecule has 1 aliphatic heterocycles. The molecule has 0 unspecified atom stereocenters. The molecule has 1 fully saturated rings. The van der Waals surface area contributed by atoms with E-state index in [2.05, 4.69) is 31.1 Å². The van der Waals surface area contributed by atoms with E-state index in [1.807, 2.05) is 0 Å². The molecule has 1 N–H and O–H groups in total. The second-order valence-corrected chi connectivity index (χ2v) is 4.72. The van der Waals surface area contributed by atoms with Gasteiger partial charge in [0.25, 0.3) is 0 Å². The summed E-state index contributed by atoms with van der Waals surface area (Å²) in [5.74, 6) is 0. The highest BCUT2D eigenvalue weighted by Crippen LogP contribution is 2.30. The third kappa shape index (κ3) is 4.09. The van der Waals surface area contributed by atoms with Crippen LogP contribution in [0, 0.1) is 5.41 Å². The van der Waals surface area contributed by atoms with Gasteiger partial charge in [0.2, 0.25) is 0 Å². The van der Waals surface area contributed by atoms with Crippen molar-refractivity contribution in [2.75, 3.05) is 46.4 Å². The van der Waals surface area contributed by atoms with Crippen LogP contribution in [0.15, 0.2) is 0 Å². The molecule has 1 heterocycles. The first-order chi connectivity index (χ1) is 7.22. The second kappa shape index (κ2) is 6.46.